The monoisotopic (exact) mass is 465 g/mol. The molecule has 3 aromatic rings. The summed E-state index contributed by atoms with van der Waals surface area (Å²) in [5, 5.41) is 21.1. The number of nitro benzene ring substituents is 1. The van der Waals surface area contributed by atoms with Crippen LogP contribution >= 0.6 is 11.8 Å². The first-order valence-electron chi connectivity index (χ1n) is 10.5. The highest BCUT2D eigenvalue weighted by Gasteiger charge is 2.25. The topological polar surface area (TPSA) is 119 Å². The van der Waals surface area contributed by atoms with Crippen molar-refractivity contribution in [2.75, 3.05) is 11.9 Å². The van der Waals surface area contributed by atoms with Crippen molar-refractivity contribution >= 4 is 35.1 Å². The van der Waals surface area contributed by atoms with Crippen molar-refractivity contribution in [3.63, 3.8) is 0 Å². The second-order valence-corrected chi connectivity index (χ2v) is 8.64. The predicted octanol–water partition coefficient (Wildman–Crippen LogP) is 3.08. The number of nitro groups is 1. The number of aromatic nitrogens is 2. The molecule has 33 heavy (non-hydrogen) atoms. The Morgan fingerprint density at radius 3 is 2.52 bits per heavy atom. The van der Waals surface area contributed by atoms with Gasteiger partial charge in [-0.05, 0) is 17.5 Å². The van der Waals surface area contributed by atoms with Crippen LogP contribution in [0.3, 0.4) is 0 Å². The van der Waals surface area contributed by atoms with Crippen LogP contribution in [0.15, 0.2) is 54.6 Å². The van der Waals surface area contributed by atoms with Crippen LogP contribution in [0.5, 0.6) is 0 Å². The van der Waals surface area contributed by atoms with Gasteiger partial charge in [-0.1, -0.05) is 42.5 Å². The van der Waals surface area contributed by atoms with E-state index in [4.69, 9.17) is 0 Å². The predicted molar refractivity (Wildman–Crippen MR) is 126 cm³/mol. The zero-order valence-electron chi connectivity index (χ0n) is 17.8. The van der Waals surface area contributed by atoms with Gasteiger partial charge in [0.1, 0.15) is 12.4 Å². The van der Waals surface area contributed by atoms with Crippen molar-refractivity contribution in [3.8, 4) is 0 Å². The number of rotatable bonds is 9. The second kappa shape index (κ2) is 10.3. The van der Waals surface area contributed by atoms with Crippen LogP contribution in [0.25, 0.3) is 0 Å². The molecule has 0 unspecified atom stereocenters. The van der Waals surface area contributed by atoms with Gasteiger partial charge >= 0.3 is 0 Å². The zero-order chi connectivity index (χ0) is 23.2. The van der Waals surface area contributed by atoms with Gasteiger partial charge in [-0.15, -0.1) is 0 Å². The van der Waals surface area contributed by atoms with E-state index in [0.29, 0.717) is 17.9 Å². The fourth-order valence-electron chi connectivity index (χ4n) is 3.60. The van der Waals surface area contributed by atoms with Crippen molar-refractivity contribution in [1.82, 2.24) is 15.1 Å². The lowest BCUT2D eigenvalue weighted by Crippen LogP contribution is -2.30. The Bertz CT molecular complexity index is 1160. The second-order valence-electron chi connectivity index (χ2n) is 7.66. The Kier molecular flexibility index (Phi) is 7.04. The molecule has 0 radical (unpaired) electrons. The Labute approximate surface area is 194 Å². The van der Waals surface area contributed by atoms with Gasteiger partial charge in [-0.3, -0.25) is 19.7 Å². The van der Waals surface area contributed by atoms with E-state index in [1.807, 2.05) is 30.3 Å². The molecule has 0 bridgehead atoms. The van der Waals surface area contributed by atoms with E-state index in [0.717, 1.165) is 34.7 Å². The fourth-order valence-corrected chi connectivity index (χ4v) is 4.64. The minimum absolute atomic E-state index is 0.0135. The summed E-state index contributed by atoms with van der Waals surface area (Å²) in [6, 6.07) is 15.8. The van der Waals surface area contributed by atoms with E-state index >= 15 is 0 Å². The number of amides is 2. The van der Waals surface area contributed by atoms with Gasteiger partial charge in [-0.2, -0.15) is 16.9 Å². The molecule has 1 aromatic heterocycles. The number of non-ortho nitro benzene ring substituents is 1. The molecule has 170 valence electrons. The van der Waals surface area contributed by atoms with Gasteiger partial charge < -0.3 is 10.6 Å². The number of hydrogen-bond donors (Lipinski definition) is 2. The van der Waals surface area contributed by atoms with Gasteiger partial charge in [0.15, 0.2) is 0 Å². The highest BCUT2D eigenvalue weighted by Crippen LogP contribution is 2.34. The van der Waals surface area contributed by atoms with E-state index in [1.165, 1.54) is 12.1 Å². The number of benzene rings is 2. The van der Waals surface area contributed by atoms with E-state index < -0.39 is 4.92 Å². The minimum atomic E-state index is -0.478. The summed E-state index contributed by atoms with van der Waals surface area (Å²) in [6.45, 7) is 0.529. The van der Waals surface area contributed by atoms with Gasteiger partial charge in [0.25, 0.3) is 5.69 Å². The lowest BCUT2D eigenvalue weighted by Gasteiger charge is -2.11. The first-order valence-corrected chi connectivity index (χ1v) is 11.6. The van der Waals surface area contributed by atoms with Crippen molar-refractivity contribution in [3.05, 3.63) is 87.1 Å². The molecule has 0 fully saturated rings. The number of nitrogens with zero attached hydrogens (tertiary/aromatic N) is 3. The summed E-state index contributed by atoms with van der Waals surface area (Å²) < 4.78 is 1.55. The molecular formula is C23H23N5O4S. The number of hydrogen-bond acceptors (Lipinski definition) is 6. The summed E-state index contributed by atoms with van der Waals surface area (Å²) in [5.41, 5.74) is 3.60. The highest BCUT2D eigenvalue weighted by molar-refractivity contribution is 7.98. The average molecular weight is 466 g/mol. The molecule has 2 aromatic carbocycles. The van der Waals surface area contributed by atoms with E-state index in [2.05, 4.69) is 15.7 Å². The van der Waals surface area contributed by atoms with E-state index in [1.54, 1.807) is 28.6 Å². The van der Waals surface area contributed by atoms with E-state index in [9.17, 15) is 19.7 Å². The normalized spacial score (nSPS) is 12.2. The van der Waals surface area contributed by atoms with Crippen LogP contribution in [0.4, 0.5) is 11.5 Å². The average Bonchev–Trinajstić information content (AvgIpc) is 3.37. The van der Waals surface area contributed by atoms with Gasteiger partial charge in [-0.25, -0.2) is 4.68 Å². The van der Waals surface area contributed by atoms with Crippen LogP contribution in [-0.2, 0) is 40.5 Å². The molecule has 0 aliphatic carbocycles. The fraction of sp³-hybridized carbons (Fsp3) is 0.261. The van der Waals surface area contributed by atoms with Crippen molar-refractivity contribution in [1.29, 1.82) is 0 Å². The molecule has 2 N–H and O–H groups in total. The Morgan fingerprint density at radius 2 is 1.79 bits per heavy atom. The largest absolute Gasteiger partial charge is 0.354 e. The highest BCUT2D eigenvalue weighted by atomic mass is 32.2. The molecule has 9 nitrogen and oxygen atoms in total. The number of thioether (sulfide) groups is 1. The molecule has 1 aliphatic rings. The lowest BCUT2D eigenvalue weighted by molar-refractivity contribution is -0.384. The third kappa shape index (κ3) is 5.78. The molecular weight excluding hydrogens is 442 g/mol. The smallest absolute Gasteiger partial charge is 0.269 e. The van der Waals surface area contributed by atoms with Crippen molar-refractivity contribution < 1.29 is 14.5 Å². The maximum absolute atomic E-state index is 12.7. The van der Waals surface area contributed by atoms with Crippen LogP contribution < -0.4 is 10.6 Å². The van der Waals surface area contributed by atoms with Crippen molar-refractivity contribution in [2.45, 2.75) is 30.9 Å². The first-order chi connectivity index (χ1) is 16.0. The maximum Gasteiger partial charge on any atom is 0.269 e. The Morgan fingerprint density at radius 1 is 1.03 bits per heavy atom. The number of nitrogens with one attached hydrogen (secondary N) is 2. The molecule has 1 aliphatic heterocycles. The van der Waals surface area contributed by atoms with Crippen molar-refractivity contribution in [2.24, 2.45) is 0 Å². The molecule has 10 heteroatoms. The summed E-state index contributed by atoms with van der Waals surface area (Å²) in [6.07, 6.45) is 0.798. The van der Waals surface area contributed by atoms with Crippen LogP contribution in [0.2, 0.25) is 0 Å². The molecule has 4 rings (SSSR count). The number of carbonyl (C=O) groups is 2. The summed E-state index contributed by atoms with van der Waals surface area (Å²) in [4.78, 5) is 35.5. The molecule has 0 saturated heterocycles. The zero-order valence-corrected chi connectivity index (χ0v) is 18.6. The van der Waals surface area contributed by atoms with Gasteiger partial charge in [0.05, 0.1) is 17.0 Å². The molecule has 0 saturated carbocycles. The number of anilines is 1. The maximum atomic E-state index is 12.7. The minimum Gasteiger partial charge on any atom is -0.354 e. The van der Waals surface area contributed by atoms with Gasteiger partial charge in [0.2, 0.25) is 11.8 Å². The van der Waals surface area contributed by atoms with E-state index in [-0.39, 0.29) is 30.5 Å². The van der Waals surface area contributed by atoms with Gasteiger partial charge in [0, 0.05) is 35.7 Å². The molecule has 0 spiro atoms. The molecule has 2 heterocycles. The SMILES string of the molecule is O=C(Cn1nc2c(c1NC(=O)Cc1ccc([N+](=O)[O-])cc1)CSC2)NCCc1ccccc1. The van der Waals surface area contributed by atoms with Crippen LogP contribution in [0.1, 0.15) is 22.4 Å². The standard InChI is InChI=1S/C23H23N5O4S/c29-21(12-17-6-8-18(9-7-17)28(31)32)25-23-19-14-33-15-20(19)26-27(23)13-22(30)24-11-10-16-4-2-1-3-5-16/h1-9H,10-15H2,(H,24,30)(H,25,29). The quantitative estimate of drug-likeness (QED) is 0.370. The van der Waals surface area contributed by atoms with Crippen LogP contribution in [-0.4, -0.2) is 33.1 Å². The number of carbonyl (C=O) groups excluding carboxylic acids is 2. The summed E-state index contributed by atoms with van der Waals surface area (Å²) in [7, 11) is 0. The van der Waals surface area contributed by atoms with Crippen LogP contribution in [0, 0.1) is 10.1 Å². The number of fused-ring (bicyclic) bond motifs is 1. The third-order valence-corrected chi connectivity index (χ3v) is 6.23. The molecule has 0 atom stereocenters. The summed E-state index contributed by atoms with van der Waals surface area (Å²) in [5.74, 6) is 1.56. The summed E-state index contributed by atoms with van der Waals surface area (Å²) >= 11 is 1.71. The third-order valence-electron chi connectivity index (χ3n) is 5.26. The Hall–Kier alpha value is -3.66. The lowest BCUT2D eigenvalue weighted by atomic mass is 10.1. The first kappa shape index (κ1) is 22.5. The Balaban J connectivity index is 1.38. The molecule has 2 amide bonds.